The zero-order chi connectivity index (χ0) is 18.5. The average molecular weight is 348 g/mol. The van der Waals surface area contributed by atoms with Gasteiger partial charge < -0.3 is 21.1 Å². The molecule has 1 aromatic rings. The molecule has 0 atom stereocenters. The van der Waals surface area contributed by atoms with Crippen molar-refractivity contribution >= 4 is 11.9 Å². The maximum absolute atomic E-state index is 10.7. The molecule has 0 aromatic heterocycles. The maximum atomic E-state index is 10.7. The maximum Gasteiger partial charge on any atom is 0.255 e. The van der Waals surface area contributed by atoms with Gasteiger partial charge in [-0.15, -0.1) is 0 Å². The third kappa shape index (κ3) is 10.3. The first-order valence-corrected chi connectivity index (χ1v) is 8.95. The standard InChI is InChI=1S/C19H32N4O2/c1-15(2)6-4-5-12-22-19(21-3)23-13-11-16-7-9-17(10-8-16)25-14-18(20)24/h7-10,15H,4-6,11-14H2,1-3H3,(H2,20,24)(H2,21,22,23). The smallest absolute Gasteiger partial charge is 0.255 e. The fraction of sp³-hybridized carbons (Fsp3) is 0.579. The molecule has 25 heavy (non-hydrogen) atoms. The summed E-state index contributed by atoms with van der Waals surface area (Å²) in [5, 5.41) is 6.66. The van der Waals surface area contributed by atoms with Crippen LogP contribution in [0.1, 0.15) is 38.7 Å². The summed E-state index contributed by atoms with van der Waals surface area (Å²) in [6.07, 6.45) is 4.55. The van der Waals surface area contributed by atoms with Gasteiger partial charge in [0.05, 0.1) is 0 Å². The minimum absolute atomic E-state index is 0.0972. The number of rotatable bonds is 11. The van der Waals surface area contributed by atoms with Crippen molar-refractivity contribution in [2.24, 2.45) is 16.6 Å². The summed E-state index contributed by atoms with van der Waals surface area (Å²) < 4.78 is 5.24. The van der Waals surface area contributed by atoms with Gasteiger partial charge >= 0.3 is 0 Å². The number of aliphatic imine (C=N–C) groups is 1. The Morgan fingerprint density at radius 1 is 1.16 bits per heavy atom. The molecule has 1 rings (SSSR count). The molecule has 0 aliphatic rings. The van der Waals surface area contributed by atoms with Crippen molar-refractivity contribution in [3.63, 3.8) is 0 Å². The van der Waals surface area contributed by atoms with Gasteiger partial charge in [-0.25, -0.2) is 0 Å². The summed E-state index contributed by atoms with van der Waals surface area (Å²) >= 11 is 0. The number of hydrogen-bond acceptors (Lipinski definition) is 3. The SMILES string of the molecule is CN=C(NCCCCC(C)C)NCCc1ccc(OCC(N)=O)cc1. The van der Waals surface area contributed by atoms with Gasteiger partial charge in [-0.05, 0) is 36.5 Å². The Labute approximate surface area is 151 Å². The lowest BCUT2D eigenvalue weighted by atomic mass is 10.1. The van der Waals surface area contributed by atoms with Gasteiger partial charge in [0.1, 0.15) is 5.75 Å². The molecule has 0 saturated heterocycles. The van der Waals surface area contributed by atoms with Crippen molar-refractivity contribution < 1.29 is 9.53 Å². The van der Waals surface area contributed by atoms with Crippen LogP contribution < -0.4 is 21.1 Å². The predicted octanol–water partition coefficient (Wildman–Crippen LogP) is 2.08. The van der Waals surface area contributed by atoms with E-state index in [1.165, 1.54) is 18.4 Å². The van der Waals surface area contributed by atoms with Gasteiger partial charge in [0.15, 0.2) is 12.6 Å². The highest BCUT2D eigenvalue weighted by Gasteiger charge is 2.01. The van der Waals surface area contributed by atoms with Crippen LogP contribution in [0.5, 0.6) is 5.75 Å². The molecular weight excluding hydrogens is 316 g/mol. The van der Waals surface area contributed by atoms with Crippen LogP contribution in [-0.4, -0.2) is 38.6 Å². The molecule has 140 valence electrons. The van der Waals surface area contributed by atoms with Crippen LogP contribution in [0.25, 0.3) is 0 Å². The number of benzene rings is 1. The number of ether oxygens (including phenoxy) is 1. The van der Waals surface area contributed by atoms with Crippen molar-refractivity contribution in [2.75, 3.05) is 26.7 Å². The van der Waals surface area contributed by atoms with Crippen LogP contribution in [0.2, 0.25) is 0 Å². The molecule has 0 unspecified atom stereocenters. The number of unbranched alkanes of at least 4 members (excludes halogenated alkanes) is 1. The molecule has 4 N–H and O–H groups in total. The van der Waals surface area contributed by atoms with Crippen LogP contribution in [0.15, 0.2) is 29.3 Å². The van der Waals surface area contributed by atoms with E-state index < -0.39 is 5.91 Å². The van der Waals surface area contributed by atoms with Crippen molar-refractivity contribution in [3.05, 3.63) is 29.8 Å². The first-order valence-electron chi connectivity index (χ1n) is 8.95. The lowest BCUT2D eigenvalue weighted by molar-refractivity contribution is -0.119. The highest BCUT2D eigenvalue weighted by Crippen LogP contribution is 2.12. The molecule has 0 saturated carbocycles. The second kappa shape index (κ2) is 12.2. The molecule has 0 heterocycles. The van der Waals surface area contributed by atoms with E-state index in [1.54, 1.807) is 7.05 Å². The molecule has 0 fully saturated rings. The third-order valence-electron chi connectivity index (χ3n) is 3.73. The third-order valence-corrected chi connectivity index (χ3v) is 3.73. The molecule has 0 spiro atoms. The topological polar surface area (TPSA) is 88.7 Å². The van der Waals surface area contributed by atoms with Gasteiger partial charge in [0.25, 0.3) is 5.91 Å². The molecule has 0 bridgehead atoms. The number of guanidine groups is 1. The molecule has 0 aliphatic carbocycles. The van der Waals surface area contributed by atoms with Crippen LogP contribution in [0.3, 0.4) is 0 Å². The van der Waals surface area contributed by atoms with Crippen molar-refractivity contribution in [3.8, 4) is 5.75 Å². The second-order valence-electron chi connectivity index (χ2n) is 6.46. The van der Waals surface area contributed by atoms with Crippen molar-refractivity contribution in [2.45, 2.75) is 39.5 Å². The Morgan fingerprint density at radius 2 is 1.84 bits per heavy atom. The normalized spacial score (nSPS) is 11.4. The molecule has 1 amide bonds. The van der Waals surface area contributed by atoms with Crippen LogP contribution in [-0.2, 0) is 11.2 Å². The van der Waals surface area contributed by atoms with Crippen molar-refractivity contribution in [1.82, 2.24) is 10.6 Å². The van der Waals surface area contributed by atoms with Gasteiger partial charge in [0, 0.05) is 20.1 Å². The van der Waals surface area contributed by atoms with Gasteiger partial charge in [-0.3, -0.25) is 9.79 Å². The number of hydrogen-bond donors (Lipinski definition) is 3. The summed E-state index contributed by atoms with van der Waals surface area (Å²) in [4.78, 5) is 14.9. The lowest BCUT2D eigenvalue weighted by Crippen LogP contribution is -2.38. The van der Waals surface area contributed by atoms with E-state index in [-0.39, 0.29) is 6.61 Å². The average Bonchev–Trinajstić information content (AvgIpc) is 2.58. The number of nitrogens with two attached hydrogens (primary N) is 1. The van der Waals surface area contributed by atoms with E-state index in [1.807, 2.05) is 24.3 Å². The summed E-state index contributed by atoms with van der Waals surface area (Å²) in [6, 6.07) is 7.67. The quantitative estimate of drug-likeness (QED) is 0.324. The van der Waals surface area contributed by atoms with Crippen LogP contribution >= 0.6 is 0 Å². The minimum atomic E-state index is -0.476. The first kappa shape index (κ1) is 20.8. The van der Waals surface area contributed by atoms with Gasteiger partial charge in [-0.2, -0.15) is 0 Å². The number of primary amides is 1. The van der Waals surface area contributed by atoms with Gasteiger partial charge in [-0.1, -0.05) is 38.8 Å². The van der Waals surface area contributed by atoms with E-state index in [4.69, 9.17) is 10.5 Å². The fourth-order valence-corrected chi connectivity index (χ4v) is 2.34. The number of nitrogens with zero attached hydrogens (tertiary/aromatic N) is 1. The Morgan fingerprint density at radius 3 is 2.44 bits per heavy atom. The highest BCUT2D eigenvalue weighted by atomic mass is 16.5. The Bertz CT molecular complexity index is 527. The number of amides is 1. The predicted molar refractivity (Wildman–Crippen MR) is 103 cm³/mol. The van der Waals surface area contributed by atoms with Gasteiger partial charge in [0.2, 0.25) is 0 Å². The van der Waals surface area contributed by atoms with Crippen LogP contribution in [0, 0.1) is 5.92 Å². The molecule has 6 heteroatoms. The summed E-state index contributed by atoms with van der Waals surface area (Å²) in [6.45, 7) is 6.15. The lowest BCUT2D eigenvalue weighted by Gasteiger charge is -2.12. The van der Waals surface area contributed by atoms with E-state index >= 15 is 0 Å². The Balaban J connectivity index is 2.22. The first-order chi connectivity index (χ1) is 12.0. The van der Waals surface area contributed by atoms with E-state index in [0.717, 1.165) is 37.8 Å². The molecule has 1 aromatic carbocycles. The van der Waals surface area contributed by atoms with Crippen molar-refractivity contribution in [1.29, 1.82) is 0 Å². The highest BCUT2D eigenvalue weighted by molar-refractivity contribution is 5.79. The summed E-state index contributed by atoms with van der Waals surface area (Å²) in [5.74, 6) is 1.78. The Hall–Kier alpha value is -2.24. The summed E-state index contributed by atoms with van der Waals surface area (Å²) in [5.41, 5.74) is 6.24. The molecule has 0 radical (unpaired) electrons. The van der Waals surface area contributed by atoms with E-state index in [2.05, 4.69) is 29.5 Å². The van der Waals surface area contributed by atoms with Crippen LogP contribution in [0.4, 0.5) is 0 Å². The number of carbonyl (C=O) groups is 1. The monoisotopic (exact) mass is 348 g/mol. The minimum Gasteiger partial charge on any atom is -0.484 e. The fourth-order valence-electron chi connectivity index (χ4n) is 2.34. The summed E-state index contributed by atoms with van der Waals surface area (Å²) in [7, 11) is 1.79. The second-order valence-corrected chi connectivity index (χ2v) is 6.46. The molecular formula is C19H32N4O2. The van der Waals surface area contributed by atoms with E-state index in [9.17, 15) is 4.79 Å². The number of carbonyl (C=O) groups excluding carboxylic acids is 1. The number of nitrogens with one attached hydrogen (secondary N) is 2. The largest absolute Gasteiger partial charge is 0.484 e. The van der Waals surface area contributed by atoms with E-state index in [0.29, 0.717) is 5.75 Å². The Kier molecular flexibility index (Phi) is 10.1. The molecule has 0 aliphatic heterocycles. The molecule has 6 nitrogen and oxygen atoms in total. The zero-order valence-electron chi connectivity index (χ0n) is 15.7. The zero-order valence-corrected chi connectivity index (χ0v) is 15.7.